The van der Waals surface area contributed by atoms with E-state index in [0.717, 1.165) is 17.7 Å². The van der Waals surface area contributed by atoms with Crippen LogP contribution in [0.3, 0.4) is 0 Å². The Balaban J connectivity index is 1.87. The maximum atomic E-state index is 14.4. The lowest BCUT2D eigenvalue weighted by Crippen LogP contribution is -2.24. The van der Waals surface area contributed by atoms with Crippen molar-refractivity contribution in [1.29, 1.82) is 0 Å². The SMILES string of the molecule is Cc1ccc(-c2ccc(C(F)(F)Oc3cc(F)c(OC(F)(F)F)c(F)c3)c(F)c2)cc1. The van der Waals surface area contributed by atoms with Gasteiger partial charge < -0.3 is 9.47 Å². The van der Waals surface area contributed by atoms with Crippen LogP contribution in [0.2, 0.25) is 0 Å². The second-order valence-corrected chi connectivity index (χ2v) is 6.44. The molecule has 0 aromatic heterocycles. The van der Waals surface area contributed by atoms with Crippen molar-refractivity contribution in [3.63, 3.8) is 0 Å². The largest absolute Gasteiger partial charge is 0.573 e. The molecule has 2 nitrogen and oxygen atoms in total. The van der Waals surface area contributed by atoms with E-state index >= 15 is 0 Å². The highest BCUT2D eigenvalue weighted by Gasteiger charge is 2.39. The lowest BCUT2D eigenvalue weighted by Gasteiger charge is -2.20. The fourth-order valence-corrected chi connectivity index (χ4v) is 2.69. The van der Waals surface area contributed by atoms with E-state index in [4.69, 9.17) is 0 Å². The Bertz CT molecular complexity index is 1070. The quantitative estimate of drug-likeness (QED) is 0.388. The summed E-state index contributed by atoms with van der Waals surface area (Å²) in [5.74, 6) is -8.23. The van der Waals surface area contributed by atoms with Crippen molar-refractivity contribution in [2.75, 3.05) is 0 Å². The van der Waals surface area contributed by atoms with Gasteiger partial charge in [0.05, 0.1) is 5.56 Å². The third-order valence-electron chi connectivity index (χ3n) is 4.10. The highest BCUT2D eigenvalue weighted by molar-refractivity contribution is 5.64. The number of rotatable bonds is 5. The molecule has 0 bridgehead atoms. The first-order valence-electron chi connectivity index (χ1n) is 8.54. The molecule has 0 aliphatic heterocycles. The van der Waals surface area contributed by atoms with Crippen LogP contribution in [0, 0.1) is 24.4 Å². The first-order chi connectivity index (χ1) is 14.4. The predicted octanol–water partition coefficient (Wildman–Crippen LogP) is 7.11. The van der Waals surface area contributed by atoms with Crippen molar-refractivity contribution in [2.45, 2.75) is 19.4 Å². The van der Waals surface area contributed by atoms with Gasteiger partial charge in [-0.1, -0.05) is 35.9 Å². The number of halogens is 8. The molecule has 3 aromatic carbocycles. The molecular weight excluding hydrogens is 436 g/mol. The van der Waals surface area contributed by atoms with Crippen molar-refractivity contribution in [2.24, 2.45) is 0 Å². The fourth-order valence-electron chi connectivity index (χ4n) is 2.69. The van der Waals surface area contributed by atoms with Gasteiger partial charge >= 0.3 is 12.5 Å². The van der Waals surface area contributed by atoms with Crippen LogP contribution in [0.15, 0.2) is 54.6 Å². The number of hydrogen-bond acceptors (Lipinski definition) is 2. The molecular formula is C21H12F8O2. The Kier molecular flexibility index (Phi) is 5.84. The molecule has 0 fully saturated rings. The van der Waals surface area contributed by atoms with Crippen molar-refractivity contribution in [3.05, 3.63) is 83.2 Å². The number of hydrogen-bond donors (Lipinski definition) is 0. The lowest BCUT2D eigenvalue weighted by molar-refractivity contribution is -0.276. The van der Waals surface area contributed by atoms with Crippen LogP contribution in [0.5, 0.6) is 11.5 Å². The second-order valence-electron chi connectivity index (χ2n) is 6.44. The topological polar surface area (TPSA) is 18.5 Å². The van der Waals surface area contributed by atoms with Gasteiger partial charge in [-0.25, -0.2) is 13.2 Å². The van der Waals surface area contributed by atoms with Gasteiger partial charge in [0.1, 0.15) is 11.6 Å². The number of benzene rings is 3. The molecule has 0 spiro atoms. The van der Waals surface area contributed by atoms with Crippen LogP contribution in [0.25, 0.3) is 11.1 Å². The minimum Gasteiger partial charge on any atom is -0.429 e. The van der Waals surface area contributed by atoms with Crippen LogP contribution in [-0.2, 0) is 6.11 Å². The van der Waals surface area contributed by atoms with E-state index in [9.17, 15) is 35.1 Å². The van der Waals surface area contributed by atoms with E-state index in [1.807, 2.05) is 6.92 Å². The molecule has 3 aromatic rings. The van der Waals surface area contributed by atoms with Crippen molar-refractivity contribution >= 4 is 0 Å². The summed E-state index contributed by atoms with van der Waals surface area (Å²) in [6, 6.07) is 9.71. The van der Waals surface area contributed by atoms with Crippen molar-refractivity contribution in [1.82, 2.24) is 0 Å². The molecule has 31 heavy (non-hydrogen) atoms. The molecule has 0 N–H and O–H groups in total. The molecule has 164 valence electrons. The molecule has 0 radical (unpaired) electrons. The van der Waals surface area contributed by atoms with E-state index < -0.39 is 47.0 Å². The van der Waals surface area contributed by atoms with Gasteiger partial charge in [0.25, 0.3) is 0 Å². The fraction of sp³-hybridized carbons (Fsp3) is 0.143. The summed E-state index contributed by atoms with van der Waals surface area (Å²) in [6.07, 6.45) is -9.79. The van der Waals surface area contributed by atoms with Gasteiger partial charge in [0, 0.05) is 12.1 Å². The molecule has 0 aliphatic rings. The van der Waals surface area contributed by atoms with Gasteiger partial charge in [0.2, 0.25) is 5.75 Å². The Morgan fingerprint density at radius 3 is 1.71 bits per heavy atom. The normalized spacial score (nSPS) is 12.0. The molecule has 0 atom stereocenters. The predicted molar refractivity (Wildman–Crippen MR) is 94.1 cm³/mol. The summed E-state index contributed by atoms with van der Waals surface area (Å²) in [5, 5.41) is 0. The number of alkyl halides is 5. The van der Waals surface area contributed by atoms with Gasteiger partial charge in [-0.05, 0) is 30.2 Å². The van der Waals surface area contributed by atoms with Crippen LogP contribution in [0.4, 0.5) is 35.1 Å². The minimum atomic E-state index is -5.41. The average Bonchev–Trinajstić information content (AvgIpc) is 2.64. The van der Waals surface area contributed by atoms with Gasteiger partial charge in [-0.3, -0.25) is 0 Å². The maximum absolute atomic E-state index is 14.4. The third kappa shape index (κ3) is 5.25. The molecule has 3 rings (SSSR count). The standard InChI is InChI=1S/C21H12F8O2/c1-11-2-4-12(5-3-11)13-6-7-15(16(22)8-13)20(25,26)30-14-9-17(23)19(18(24)10-14)31-21(27,28)29/h2-10H,1H3. The summed E-state index contributed by atoms with van der Waals surface area (Å²) >= 11 is 0. The van der Waals surface area contributed by atoms with E-state index in [-0.39, 0.29) is 12.1 Å². The zero-order valence-corrected chi connectivity index (χ0v) is 15.5. The maximum Gasteiger partial charge on any atom is 0.573 e. The highest BCUT2D eigenvalue weighted by Crippen LogP contribution is 2.38. The molecule has 0 saturated heterocycles. The van der Waals surface area contributed by atoms with Gasteiger partial charge in [-0.15, -0.1) is 13.2 Å². The van der Waals surface area contributed by atoms with Gasteiger partial charge in [0.15, 0.2) is 11.6 Å². The number of ether oxygens (including phenoxy) is 2. The van der Waals surface area contributed by atoms with Crippen LogP contribution >= 0.6 is 0 Å². The first-order valence-corrected chi connectivity index (χ1v) is 8.54. The van der Waals surface area contributed by atoms with Crippen molar-refractivity contribution < 1.29 is 44.6 Å². The van der Waals surface area contributed by atoms with E-state index in [2.05, 4.69) is 9.47 Å². The zero-order chi connectivity index (χ0) is 23.0. The Morgan fingerprint density at radius 1 is 0.645 bits per heavy atom. The zero-order valence-electron chi connectivity index (χ0n) is 15.5. The molecule has 0 aliphatic carbocycles. The van der Waals surface area contributed by atoms with Crippen LogP contribution in [-0.4, -0.2) is 6.36 Å². The Labute approximate surface area is 170 Å². The summed E-state index contributed by atoms with van der Waals surface area (Å²) < 4.78 is 114. The minimum absolute atomic E-state index is 0.0661. The third-order valence-corrected chi connectivity index (χ3v) is 4.10. The molecule has 0 amide bonds. The van der Waals surface area contributed by atoms with Crippen molar-refractivity contribution in [3.8, 4) is 22.6 Å². The van der Waals surface area contributed by atoms with Crippen LogP contribution < -0.4 is 9.47 Å². The summed E-state index contributed by atoms with van der Waals surface area (Å²) in [5.41, 5.74) is 0.555. The van der Waals surface area contributed by atoms with E-state index in [0.29, 0.717) is 11.1 Å². The molecule has 10 heteroatoms. The Morgan fingerprint density at radius 2 is 1.19 bits per heavy atom. The summed E-state index contributed by atoms with van der Waals surface area (Å²) in [7, 11) is 0. The van der Waals surface area contributed by atoms with Crippen LogP contribution in [0.1, 0.15) is 11.1 Å². The Hall–Kier alpha value is -3.30. The van der Waals surface area contributed by atoms with Gasteiger partial charge in [-0.2, -0.15) is 8.78 Å². The summed E-state index contributed by atoms with van der Waals surface area (Å²) in [4.78, 5) is 0. The number of aryl methyl sites for hydroxylation is 1. The molecule has 0 heterocycles. The average molecular weight is 448 g/mol. The smallest absolute Gasteiger partial charge is 0.429 e. The lowest BCUT2D eigenvalue weighted by atomic mass is 10.0. The second kappa shape index (κ2) is 8.09. The molecule has 0 saturated carbocycles. The van der Waals surface area contributed by atoms with E-state index in [1.165, 1.54) is 6.07 Å². The highest BCUT2D eigenvalue weighted by atomic mass is 19.4. The molecule has 0 unspecified atom stereocenters. The summed E-state index contributed by atoms with van der Waals surface area (Å²) in [6.45, 7) is 1.83. The van der Waals surface area contributed by atoms with E-state index in [1.54, 1.807) is 24.3 Å². The monoisotopic (exact) mass is 448 g/mol. The first kappa shape index (κ1) is 22.4.